The molecule has 32 heavy (non-hydrogen) atoms. The molecular formula is C21H22N6O4S. The summed E-state index contributed by atoms with van der Waals surface area (Å²) in [5.41, 5.74) is 4.12. The van der Waals surface area contributed by atoms with Crippen molar-refractivity contribution in [2.45, 2.75) is 31.1 Å². The fourth-order valence-electron chi connectivity index (χ4n) is 3.86. The summed E-state index contributed by atoms with van der Waals surface area (Å²) in [5, 5.41) is 22.7. The summed E-state index contributed by atoms with van der Waals surface area (Å²) in [6.45, 7) is 3.11. The van der Waals surface area contributed by atoms with Crippen LogP contribution in [0.4, 0.5) is 11.4 Å². The van der Waals surface area contributed by atoms with Gasteiger partial charge in [0.2, 0.25) is 0 Å². The van der Waals surface area contributed by atoms with Crippen molar-refractivity contribution in [1.82, 2.24) is 14.0 Å². The first-order valence-electron chi connectivity index (χ1n) is 10.2. The fourth-order valence-corrected chi connectivity index (χ4v) is 5.16. The second kappa shape index (κ2) is 8.57. The van der Waals surface area contributed by atoms with Gasteiger partial charge in [0.25, 0.3) is 10.0 Å². The Hall–Kier alpha value is -3.49. The minimum atomic E-state index is -3.92. The molecule has 3 aromatic rings. The van der Waals surface area contributed by atoms with E-state index in [1.165, 1.54) is 24.4 Å². The Kier molecular flexibility index (Phi) is 5.82. The van der Waals surface area contributed by atoms with E-state index in [9.17, 15) is 18.5 Å². The summed E-state index contributed by atoms with van der Waals surface area (Å²) in [4.78, 5) is 15.3. The molecule has 0 atom stereocenters. The van der Waals surface area contributed by atoms with Crippen LogP contribution in [0.1, 0.15) is 24.8 Å². The quantitative estimate of drug-likeness (QED) is 0.442. The Morgan fingerprint density at radius 1 is 1.25 bits per heavy atom. The minimum absolute atomic E-state index is 0.106. The van der Waals surface area contributed by atoms with Crippen LogP contribution in [0.5, 0.6) is 0 Å². The lowest BCUT2D eigenvalue weighted by Crippen LogP contribution is -2.38. The van der Waals surface area contributed by atoms with Crippen molar-refractivity contribution in [1.29, 1.82) is 5.26 Å². The number of aryl methyl sites for hydroxylation is 1. The molecule has 0 unspecified atom stereocenters. The highest BCUT2D eigenvalue weighted by atomic mass is 32.2. The average Bonchev–Trinajstić information content (AvgIpc) is 3.21. The van der Waals surface area contributed by atoms with Crippen LogP contribution >= 0.6 is 0 Å². The van der Waals surface area contributed by atoms with Gasteiger partial charge in [-0.25, -0.2) is 22.4 Å². The van der Waals surface area contributed by atoms with Crippen molar-refractivity contribution >= 4 is 32.4 Å². The Bertz CT molecular complexity index is 1300. The number of nitriles is 1. The van der Waals surface area contributed by atoms with E-state index < -0.39 is 14.9 Å². The molecule has 1 saturated heterocycles. The number of nitro groups is 1. The third-order valence-corrected chi connectivity index (χ3v) is 7.38. The van der Waals surface area contributed by atoms with Crippen molar-refractivity contribution in [3.05, 3.63) is 58.4 Å². The van der Waals surface area contributed by atoms with Gasteiger partial charge in [-0.15, -0.1) is 0 Å². The van der Waals surface area contributed by atoms with Gasteiger partial charge in [0.1, 0.15) is 11.9 Å². The van der Waals surface area contributed by atoms with Crippen molar-refractivity contribution in [3.63, 3.8) is 0 Å². The molecule has 4 rings (SSSR count). The number of hydrogen-bond donors (Lipinski definition) is 1. The molecule has 0 aliphatic carbocycles. The highest BCUT2D eigenvalue weighted by Gasteiger charge is 2.27. The number of fused-ring (bicyclic) bond motifs is 1. The van der Waals surface area contributed by atoms with Gasteiger partial charge in [-0.3, -0.25) is 10.1 Å². The minimum Gasteiger partial charge on any atom is -0.312 e. The van der Waals surface area contributed by atoms with E-state index in [0.717, 1.165) is 28.6 Å². The van der Waals surface area contributed by atoms with Crippen LogP contribution < -0.4 is 5.43 Å². The van der Waals surface area contributed by atoms with Crippen LogP contribution in [-0.2, 0) is 10.0 Å². The molecule has 1 N–H and O–H groups in total. The van der Waals surface area contributed by atoms with Crippen LogP contribution in [0.2, 0.25) is 0 Å². The van der Waals surface area contributed by atoms with Crippen LogP contribution in [0, 0.1) is 34.3 Å². The second-order valence-electron chi connectivity index (χ2n) is 7.85. The Morgan fingerprint density at radius 2 is 1.94 bits per heavy atom. The molecule has 0 bridgehead atoms. The molecule has 0 radical (unpaired) electrons. The number of pyridine rings is 1. The summed E-state index contributed by atoms with van der Waals surface area (Å²) >= 11 is 0. The highest BCUT2D eigenvalue weighted by molar-refractivity contribution is 7.90. The summed E-state index contributed by atoms with van der Waals surface area (Å²) in [7, 11) is -3.92. The summed E-state index contributed by atoms with van der Waals surface area (Å²) in [5.74, 6) is 0.311. The standard InChI is InChI=1S/C21H22N6O4S/c1-15-2-4-17(5-3-15)32(30,31)26-13-9-18-20(19(27(28)29)14-23-21(18)26)24-25-11-7-16(6-10-22)8-12-25/h2-5,9,13-14,16H,6-8,11-12H2,1H3,(H,23,24). The highest BCUT2D eigenvalue weighted by Crippen LogP contribution is 2.34. The monoisotopic (exact) mass is 454 g/mol. The number of hydrogen-bond acceptors (Lipinski definition) is 8. The van der Waals surface area contributed by atoms with Crippen LogP contribution in [0.15, 0.2) is 47.6 Å². The van der Waals surface area contributed by atoms with Crippen molar-refractivity contribution in [2.24, 2.45) is 5.92 Å². The Morgan fingerprint density at radius 3 is 2.56 bits per heavy atom. The number of rotatable bonds is 6. The van der Waals surface area contributed by atoms with E-state index in [1.54, 1.807) is 12.1 Å². The zero-order chi connectivity index (χ0) is 22.9. The molecule has 0 amide bonds. The molecule has 1 aliphatic heterocycles. The third kappa shape index (κ3) is 4.02. The summed E-state index contributed by atoms with van der Waals surface area (Å²) < 4.78 is 27.4. The van der Waals surface area contributed by atoms with Crippen LogP contribution in [0.3, 0.4) is 0 Å². The predicted molar refractivity (Wildman–Crippen MR) is 118 cm³/mol. The van der Waals surface area contributed by atoms with Crippen molar-refractivity contribution in [2.75, 3.05) is 18.5 Å². The van der Waals surface area contributed by atoms with Crippen LogP contribution in [-0.4, -0.2) is 40.4 Å². The maximum atomic E-state index is 13.2. The zero-order valence-corrected chi connectivity index (χ0v) is 18.2. The molecule has 0 spiro atoms. The van der Waals surface area contributed by atoms with Gasteiger partial charge < -0.3 is 5.43 Å². The first-order chi connectivity index (χ1) is 15.3. The largest absolute Gasteiger partial charge is 0.312 e. The van der Waals surface area contributed by atoms with E-state index in [0.29, 0.717) is 30.8 Å². The number of nitrogens with one attached hydrogen (secondary N) is 1. The third-order valence-electron chi connectivity index (χ3n) is 5.70. The molecule has 1 aliphatic rings. The first-order valence-corrected chi connectivity index (χ1v) is 11.6. The number of aromatic nitrogens is 2. The zero-order valence-electron chi connectivity index (χ0n) is 17.4. The van der Waals surface area contributed by atoms with Gasteiger partial charge in [-0.2, -0.15) is 5.26 Å². The van der Waals surface area contributed by atoms with E-state index >= 15 is 0 Å². The van der Waals surface area contributed by atoms with Gasteiger partial charge in [-0.1, -0.05) is 17.7 Å². The number of piperidine rings is 1. The number of nitrogens with zero attached hydrogens (tertiary/aromatic N) is 5. The van der Waals surface area contributed by atoms with Gasteiger partial charge in [0, 0.05) is 25.7 Å². The molecule has 0 saturated carbocycles. The lowest BCUT2D eigenvalue weighted by molar-refractivity contribution is -0.384. The Balaban J connectivity index is 1.72. The lowest BCUT2D eigenvalue weighted by atomic mass is 9.95. The molecular weight excluding hydrogens is 432 g/mol. The SMILES string of the molecule is Cc1ccc(S(=O)(=O)n2ccc3c(NN4CCC(CC#N)CC4)c([N+](=O)[O-])cnc32)cc1. The average molecular weight is 455 g/mol. The molecule has 11 heteroatoms. The van der Waals surface area contributed by atoms with Gasteiger partial charge in [0.05, 0.1) is 21.3 Å². The molecule has 1 fully saturated rings. The summed E-state index contributed by atoms with van der Waals surface area (Å²) in [6.07, 6.45) is 4.53. The van der Waals surface area contributed by atoms with Gasteiger partial charge >= 0.3 is 5.69 Å². The smallest absolute Gasteiger partial charge is 0.312 e. The van der Waals surface area contributed by atoms with Crippen molar-refractivity contribution < 1.29 is 13.3 Å². The van der Waals surface area contributed by atoms with Crippen LogP contribution in [0.25, 0.3) is 11.0 Å². The number of benzene rings is 1. The second-order valence-corrected chi connectivity index (χ2v) is 9.66. The maximum absolute atomic E-state index is 13.2. The normalized spacial score (nSPS) is 15.5. The summed E-state index contributed by atoms with van der Waals surface area (Å²) in [6, 6.07) is 10.2. The Labute approximate surface area is 185 Å². The molecule has 166 valence electrons. The number of anilines is 1. The van der Waals surface area contributed by atoms with Crippen molar-refractivity contribution in [3.8, 4) is 6.07 Å². The lowest BCUT2D eigenvalue weighted by Gasteiger charge is -2.31. The first kappa shape index (κ1) is 21.7. The molecule has 2 aromatic heterocycles. The van der Waals surface area contributed by atoms with Gasteiger partial charge in [0.15, 0.2) is 5.65 Å². The predicted octanol–water partition coefficient (Wildman–Crippen LogP) is 3.44. The molecule has 10 nitrogen and oxygen atoms in total. The maximum Gasteiger partial charge on any atom is 0.312 e. The topological polar surface area (TPSA) is 134 Å². The van der Waals surface area contributed by atoms with Gasteiger partial charge in [-0.05, 0) is 43.9 Å². The fraction of sp³-hybridized carbons (Fsp3) is 0.333. The number of hydrazine groups is 1. The van der Waals surface area contributed by atoms with E-state index in [2.05, 4.69) is 16.5 Å². The van der Waals surface area contributed by atoms with E-state index in [1.807, 2.05) is 11.9 Å². The van der Waals surface area contributed by atoms with E-state index in [-0.39, 0.29) is 21.9 Å². The molecule has 3 heterocycles. The molecule has 1 aromatic carbocycles. The van der Waals surface area contributed by atoms with E-state index in [4.69, 9.17) is 5.26 Å².